The molecule has 1 heterocycles. The largest absolute Gasteiger partial charge is 0.478 e. The van der Waals surface area contributed by atoms with E-state index in [2.05, 4.69) is 10.2 Å². The van der Waals surface area contributed by atoms with Crippen LogP contribution in [0.4, 0.5) is 0 Å². The van der Waals surface area contributed by atoms with Crippen LogP contribution in [0, 0.1) is 0 Å². The lowest BCUT2D eigenvalue weighted by atomic mass is 9.90. The second kappa shape index (κ2) is 9.17. The predicted molar refractivity (Wildman–Crippen MR) is 101 cm³/mol. The minimum Gasteiger partial charge on any atom is -0.478 e. The highest BCUT2D eigenvalue weighted by Gasteiger charge is 2.22. The highest BCUT2D eigenvalue weighted by molar-refractivity contribution is 5.87. The highest BCUT2D eigenvalue weighted by atomic mass is 16.4. The van der Waals surface area contributed by atoms with Gasteiger partial charge in [0.15, 0.2) is 0 Å². The first-order chi connectivity index (χ1) is 12.6. The van der Waals surface area contributed by atoms with E-state index in [4.69, 9.17) is 5.11 Å². The van der Waals surface area contributed by atoms with Crippen LogP contribution in [-0.4, -0.2) is 47.6 Å². The maximum absolute atomic E-state index is 12.2. The standard InChI is InChI=1S/C21H30N2O3/c24-20(22-19-6-2-1-3-7-19)12-14-23-13-4-5-18(15-23)16-8-10-17(11-9-16)21(25)26/h8-11,18-19H,1-7,12-15H2,(H,22,24)(H,25,26). The summed E-state index contributed by atoms with van der Waals surface area (Å²) in [4.78, 5) is 25.6. The van der Waals surface area contributed by atoms with Gasteiger partial charge in [-0.3, -0.25) is 4.79 Å². The number of nitrogens with zero attached hydrogens (tertiary/aromatic N) is 1. The van der Waals surface area contributed by atoms with Crippen LogP contribution < -0.4 is 5.32 Å². The van der Waals surface area contributed by atoms with Gasteiger partial charge in [0.1, 0.15) is 0 Å². The van der Waals surface area contributed by atoms with E-state index in [1.807, 2.05) is 12.1 Å². The third-order valence-corrected chi connectivity index (χ3v) is 5.76. The van der Waals surface area contributed by atoms with Crippen molar-refractivity contribution in [2.45, 2.75) is 63.3 Å². The van der Waals surface area contributed by atoms with Crippen molar-refractivity contribution < 1.29 is 14.7 Å². The van der Waals surface area contributed by atoms with Crippen molar-refractivity contribution in [3.05, 3.63) is 35.4 Å². The molecule has 5 nitrogen and oxygen atoms in total. The molecule has 0 radical (unpaired) electrons. The van der Waals surface area contributed by atoms with E-state index in [9.17, 15) is 9.59 Å². The number of amides is 1. The molecule has 0 spiro atoms. The summed E-state index contributed by atoms with van der Waals surface area (Å²) < 4.78 is 0. The van der Waals surface area contributed by atoms with Gasteiger partial charge in [-0.25, -0.2) is 4.79 Å². The van der Waals surface area contributed by atoms with E-state index in [-0.39, 0.29) is 5.91 Å². The molecule has 2 aliphatic rings. The fourth-order valence-electron chi connectivity index (χ4n) is 4.23. The molecule has 1 aliphatic heterocycles. The Kier molecular flexibility index (Phi) is 6.67. The Labute approximate surface area is 155 Å². The minimum atomic E-state index is -0.884. The van der Waals surface area contributed by atoms with Crippen molar-refractivity contribution in [1.29, 1.82) is 0 Å². The zero-order chi connectivity index (χ0) is 18.4. The fraction of sp³-hybridized carbons (Fsp3) is 0.619. The Morgan fingerprint density at radius 1 is 1.04 bits per heavy atom. The Bertz CT molecular complexity index is 608. The molecule has 1 aliphatic carbocycles. The maximum Gasteiger partial charge on any atom is 0.335 e. The van der Waals surface area contributed by atoms with E-state index in [1.165, 1.54) is 24.8 Å². The summed E-state index contributed by atoms with van der Waals surface area (Å²) >= 11 is 0. The van der Waals surface area contributed by atoms with Crippen molar-refractivity contribution in [1.82, 2.24) is 10.2 Å². The van der Waals surface area contributed by atoms with Gasteiger partial charge in [0.05, 0.1) is 5.56 Å². The molecular formula is C21H30N2O3. The normalized spacial score (nSPS) is 22.1. The first kappa shape index (κ1) is 18.9. The van der Waals surface area contributed by atoms with Gasteiger partial charge < -0.3 is 15.3 Å². The van der Waals surface area contributed by atoms with Gasteiger partial charge in [-0.2, -0.15) is 0 Å². The zero-order valence-electron chi connectivity index (χ0n) is 15.5. The molecule has 2 N–H and O–H groups in total. The first-order valence-electron chi connectivity index (χ1n) is 9.97. The molecule has 142 valence electrons. The number of carbonyl (C=O) groups excluding carboxylic acids is 1. The Balaban J connectivity index is 1.45. The second-order valence-corrected chi connectivity index (χ2v) is 7.72. The van der Waals surface area contributed by atoms with Crippen LogP contribution in [0.15, 0.2) is 24.3 Å². The van der Waals surface area contributed by atoms with Gasteiger partial charge in [-0.15, -0.1) is 0 Å². The maximum atomic E-state index is 12.2. The Hall–Kier alpha value is -1.88. The number of rotatable bonds is 6. The SMILES string of the molecule is O=C(CCN1CCCC(c2ccc(C(=O)O)cc2)C1)NC1CCCCC1. The van der Waals surface area contributed by atoms with Crippen LogP contribution >= 0.6 is 0 Å². The third-order valence-electron chi connectivity index (χ3n) is 5.76. The Morgan fingerprint density at radius 2 is 1.77 bits per heavy atom. The summed E-state index contributed by atoms with van der Waals surface area (Å²) in [5.74, 6) is -0.274. The monoisotopic (exact) mass is 358 g/mol. The van der Waals surface area contributed by atoms with Crippen molar-refractivity contribution in [2.24, 2.45) is 0 Å². The van der Waals surface area contributed by atoms with E-state index in [0.717, 1.165) is 45.3 Å². The molecule has 1 aromatic carbocycles. The van der Waals surface area contributed by atoms with Gasteiger partial charge in [0, 0.05) is 25.6 Å². The number of hydrogen-bond donors (Lipinski definition) is 2. The van der Waals surface area contributed by atoms with Gasteiger partial charge in [0.25, 0.3) is 0 Å². The number of piperidine rings is 1. The molecule has 1 amide bonds. The average molecular weight is 358 g/mol. The van der Waals surface area contributed by atoms with Gasteiger partial charge in [0.2, 0.25) is 5.91 Å². The van der Waals surface area contributed by atoms with Crippen LogP contribution in [0.3, 0.4) is 0 Å². The van der Waals surface area contributed by atoms with Crippen LogP contribution in [0.1, 0.15) is 73.2 Å². The van der Waals surface area contributed by atoms with Gasteiger partial charge in [-0.1, -0.05) is 31.4 Å². The molecule has 2 fully saturated rings. The molecule has 1 aromatic rings. The lowest BCUT2D eigenvalue weighted by Crippen LogP contribution is -2.40. The topological polar surface area (TPSA) is 69.6 Å². The molecule has 1 saturated heterocycles. The van der Waals surface area contributed by atoms with Crippen LogP contribution in [0.2, 0.25) is 0 Å². The van der Waals surface area contributed by atoms with Crippen LogP contribution in [0.25, 0.3) is 0 Å². The van der Waals surface area contributed by atoms with Crippen LogP contribution in [-0.2, 0) is 4.79 Å². The quantitative estimate of drug-likeness (QED) is 0.818. The van der Waals surface area contributed by atoms with Crippen molar-refractivity contribution in [3.8, 4) is 0 Å². The molecule has 0 bridgehead atoms. The molecule has 3 rings (SSSR count). The summed E-state index contributed by atoms with van der Waals surface area (Å²) in [5.41, 5.74) is 1.53. The highest BCUT2D eigenvalue weighted by Crippen LogP contribution is 2.27. The lowest BCUT2D eigenvalue weighted by molar-refractivity contribution is -0.122. The number of nitrogens with one attached hydrogen (secondary N) is 1. The molecule has 1 unspecified atom stereocenters. The number of carboxylic acids is 1. The first-order valence-corrected chi connectivity index (χ1v) is 9.97. The molecule has 5 heteroatoms. The molecule has 26 heavy (non-hydrogen) atoms. The molecule has 1 atom stereocenters. The number of benzene rings is 1. The number of hydrogen-bond acceptors (Lipinski definition) is 3. The Morgan fingerprint density at radius 3 is 2.46 bits per heavy atom. The number of carbonyl (C=O) groups is 2. The molecular weight excluding hydrogens is 328 g/mol. The van der Waals surface area contributed by atoms with Crippen molar-refractivity contribution >= 4 is 11.9 Å². The molecule has 1 saturated carbocycles. The van der Waals surface area contributed by atoms with Crippen LogP contribution in [0.5, 0.6) is 0 Å². The summed E-state index contributed by atoms with van der Waals surface area (Å²) in [7, 11) is 0. The fourth-order valence-corrected chi connectivity index (χ4v) is 4.23. The summed E-state index contributed by atoms with van der Waals surface area (Å²) in [5, 5.41) is 12.2. The van der Waals surface area contributed by atoms with Crippen molar-refractivity contribution in [3.63, 3.8) is 0 Å². The lowest BCUT2D eigenvalue weighted by Gasteiger charge is -2.33. The van der Waals surface area contributed by atoms with E-state index in [0.29, 0.717) is 23.9 Å². The number of aromatic carboxylic acids is 1. The van der Waals surface area contributed by atoms with E-state index in [1.54, 1.807) is 12.1 Å². The zero-order valence-corrected chi connectivity index (χ0v) is 15.5. The van der Waals surface area contributed by atoms with Gasteiger partial charge >= 0.3 is 5.97 Å². The minimum absolute atomic E-state index is 0.185. The summed E-state index contributed by atoms with van der Waals surface area (Å²) in [6.07, 6.45) is 8.84. The second-order valence-electron chi connectivity index (χ2n) is 7.72. The van der Waals surface area contributed by atoms with Gasteiger partial charge in [-0.05, 0) is 55.8 Å². The number of likely N-dealkylation sites (tertiary alicyclic amines) is 1. The predicted octanol–water partition coefficient (Wildman–Crippen LogP) is 3.40. The molecule has 0 aromatic heterocycles. The number of carboxylic acid groups (broad SMARTS) is 1. The summed E-state index contributed by atoms with van der Waals surface area (Å²) in [6.45, 7) is 2.80. The average Bonchev–Trinajstić information content (AvgIpc) is 2.67. The smallest absolute Gasteiger partial charge is 0.335 e. The van der Waals surface area contributed by atoms with E-state index >= 15 is 0 Å². The van der Waals surface area contributed by atoms with E-state index < -0.39 is 5.97 Å². The summed E-state index contributed by atoms with van der Waals surface area (Å²) in [6, 6.07) is 7.64. The third kappa shape index (κ3) is 5.31. The van der Waals surface area contributed by atoms with Crippen molar-refractivity contribution in [2.75, 3.05) is 19.6 Å².